The van der Waals surface area contributed by atoms with Gasteiger partial charge in [0.15, 0.2) is 5.65 Å². The zero-order chi connectivity index (χ0) is 26.2. The largest absolute Gasteiger partial charge is 0.378 e. The summed E-state index contributed by atoms with van der Waals surface area (Å²) in [4.78, 5) is 40.8. The van der Waals surface area contributed by atoms with Crippen LogP contribution < -0.4 is 5.32 Å². The van der Waals surface area contributed by atoms with E-state index in [2.05, 4.69) is 30.5 Å². The van der Waals surface area contributed by atoms with Crippen molar-refractivity contribution in [3.8, 4) is 22.5 Å². The molecule has 11 heteroatoms. The van der Waals surface area contributed by atoms with Crippen molar-refractivity contribution in [3.63, 3.8) is 0 Å². The second-order valence-electron chi connectivity index (χ2n) is 9.34. The highest BCUT2D eigenvalue weighted by Crippen LogP contribution is 2.32. The van der Waals surface area contributed by atoms with Crippen LogP contribution >= 0.6 is 0 Å². The van der Waals surface area contributed by atoms with Gasteiger partial charge < -0.3 is 24.8 Å². The number of aromatic nitrogens is 5. The fourth-order valence-corrected chi connectivity index (χ4v) is 4.58. The van der Waals surface area contributed by atoms with Gasteiger partial charge in [-0.2, -0.15) is 5.10 Å². The molecule has 1 aromatic carbocycles. The number of ether oxygens (including phenoxy) is 1. The molecule has 5 aromatic rings. The van der Waals surface area contributed by atoms with Gasteiger partial charge in [-0.15, -0.1) is 0 Å². The Kier molecular flexibility index (Phi) is 5.97. The molecule has 0 saturated carbocycles. The van der Waals surface area contributed by atoms with Crippen molar-refractivity contribution in [1.82, 2.24) is 34.9 Å². The third-order valence-electron chi connectivity index (χ3n) is 6.60. The summed E-state index contributed by atoms with van der Waals surface area (Å²) in [7, 11) is 3.35. The number of aromatic amines is 2. The number of anilines is 1. The van der Waals surface area contributed by atoms with Gasteiger partial charge in [-0.3, -0.25) is 14.9 Å². The van der Waals surface area contributed by atoms with E-state index in [9.17, 15) is 9.59 Å². The van der Waals surface area contributed by atoms with E-state index < -0.39 is 0 Å². The van der Waals surface area contributed by atoms with Crippen molar-refractivity contribution in [1.29, 1.82) is 0 Å². The summed E-state index contributed by atoms with van der Waals surface area (Å²) in [6.45, 7) is 2.27. The van der Waals surface area contributed by atoms with Crippen LogP contribution in [0.3, 0.4) is 0 Å². The van der Waals surface area contributed by atoms with Gasteiger partial charge in [0.2, 0.25) is 0 Å². The number of nitrogens with zero attached hydrogens (tertiary/aromatic N) is 5. The van der Waals surface area contributed by atoms with Gasteiger partial charge in [-0.1, -0.05) is 6.07 Å². The van der Waals surface area contributed by atoms with Crippen molar-refractivity contribution in [2.24, 2.45) is 0 Å². The van der Waals surface area contributed by atoms with Crippen molar-refractivity contribution in [2.45, 2.75) is 0 Å². The molecule has 0 radical (unpaired) electrons. The molecule has 0 bridgehead atoms. The Hall–Kier alpha value is -4.77. The zero-order valence-corrected chi connectivity index (χ0v) is 21.0. The monoisotopic (exact) mass is 510 g/mol. The van der Waals surface area contributed by atoms with Crippen LogP contribution in [0.15, 0.2) is 55.0 Å². The number of carbonyl (C=O) groups is 2. The van der Waals surface area contributed by atoms with Crippen LogP contribution in [-0.2, 0) is 4.74 Å². The third-order valence-corrected chi connectivity index (χ3v) is 6.60. The maximum Gasteiger partial charge on any atom is 0.321 e. The summed E-state index contributed by atoms with van der Waals surface area (Å²) in [6.07, 6.45) is 5.05. The van der Waals surface area contributed by atoms with E-state index >= 15 is 0 Å². The lowest BCUT2D eigenvalue weighted by atomic mass is 10.1. The zero-order valence-electron chi connectivity index (χ0n) is 21.0. The standard InChI is InChI=1S/C27H26N8O3/c1-34(2)27(37)30-18-10-16(13-28-15-18)17-11-21-24(32-33-25(21)29-14-17)23-12-20-19(4-3-5-22(20)31-23)26(36)35-6-8-38-9-7-35/h3-5,10-15,31H,6-9H2,1-2H3,(H,30,37)(H,29,32,33). The number of pyridine rings is 2. The van der Waals surface area contributed by atoms with Gasteiger partial charge in [-0.25, -0.2) is 9.78 Å². The van der Waals surface area contributed by atoms with Crippen molar-refractivity contribution < 1.29 is 14.3 Å². The molecule has 0 aliphatic carbocycles. The number of amides is 3. The average molecular weight is 511 g/mol. The van der Waals surface area contributed by atoms with Crippen LogP contribution in [0.4, 0.5) is 10.5 Å². The number of hydrogen-bond acceptors (Lipinski definition) is 6. The molecule has 3 amide bonds. The van der Waals surface area contributed by atoms with E-state index in [1.54, 1.807) is 32.7 Å². The Morgan fingerprint density at radius 2 is 1.84 bits per heavy atom. The third kappa shape index (κ3) is 4.33. The van der Waals surface area contributed by atoms with E-state index in [-0.39, 0.29) is 11.9 Å². The minimum absolute atomic E-state index is 0.00314. The number of morpholine rings is 1. The number of carbonyl (C=O) groups excluding carboxylic acids is 2. The molecular formula is C27H26N8O3. The molecule has 11 nitrogen and oxygen atoms in total. The predicted molar refractivity (Wildman–Crippen MR) is 144 cm³/mol. The number of rotatable bonds is 4. The first kappa shape index (κ1) is 23.6. The normalized spacial score (nSPS) is 13.7. The highest BCUT2D eigenvalue weighted by atomic mass is 16.5. The van der Waals surface area contributed by atoms with Gasteiger partial charge in [0.1, 0.15) is 0 Å². The maximum atomic E-state index is 13.2. The first-order valence-electron chi connectivity index (χ1n) is 12.2. The molecule has 1 aliphatic heterocycles. The molecule has 5 heterocycles. The van der Waals surface area contributed by atoms with Crippen molar-refractivity contribution >= 4 is 39.6 Å². The minimum Gasteiger partial charge on any atom is -0.378 e. The van der Waals surface area contributed by atoms with Crippen LogP contribution in [-0.4, -0.2) is 87.3 Å². The molecule has 4 aromatic heterocycles. The molecule has 1 fully saturated rings. The number of fused-ring (bicyclic) bond motifs is 2. The summed E-state index contributed by atoms with van der Waals surface area (Å²) >= 11 is 0. The SMILES string of the molecule is CN(C)C(=O)Nc1cncc(-c2cnc3n[nH]c(-c4cc5c(C(=O)N6CCOCC6)cccc5[nH]4)c3c2)c1. The van der Waals surface area contributed by atoms with Crippen LogP contribution in [0.5, 0.6) is 0 Å². The average Bonchev–Trinajstić information content (AvgIpc) is 3.57. The molecule has 0 spiro atoms. The quantitative estimate of drug-likeness (QED) is 0.338. The molecule has 192 valence electrons. The second-order valence-corrected chi connectivity index (χ2v) is 9.34. The van der Waals surface area contributed by atoms with E-state index in [0.29, 0.717) is 43.2 Å². The molecule has 3 N–H and O–H groups in total. The fraction of sp³-hybridized carbons (Fsp3) is 0.222. The molecule has 1 saturated heterocycles. The molecular weight excluding hydrogens is 484 g/mol. The Balaban J connectivity index is 1.36. The maximum absolute atomic E-state index is 13.2. The first-order valence-corrected chi connectivity index (χ1v) is 12.2. The molecule has 0 atom stereocenters. The Morgan fingerprint density at radius 1 is 1.03 bits per heavy atom. The number of urea groups is 1. The minimum atomic E-state index is -0.236. The van der Waals surface area contributed by atoms with E-state index in [4.69, 9.17) is 4.74 Å². The highest BCUT2D eigenvalue weighted by Gasteiger charge is 2.22. The number of benzene rings is 1. The van der Waals surface area contributed by atoms with Gasteiger partial charge in [0.25, 0.3) is 5.91 Å². The van der Waals surface area contributed by atoms with Crippen LogP contribution in [0, 0.1) is 0 Å². The van der Waals surface area contributed by atoms with E-state index in [1.165, 1.54) is 4.90 Å². The predicted octanol–water partition coefficient (Wildman–Crippen LogP) is 3.73. The van der Waals surface area contributed by atoms with Gasteiger partial charge in [0.05, 0.1) is 36.5 Å². The summed E-state index contributed by atoms with van der Waals surface area (Å²) in [6, 6.07) is 11.3. The van der Waals surface area contributed by atoms with Gasteiger partial charge >= 0.3 is 6.03 Å². The first-order chi connectivity index (χ1) is 18.5. The van der Waals surface area contributed by atoms with Crippen molar-refractivity contribution in [3.05, 3.63) is 60.6 Å². The number of nitrogens with one attached hydrogen (secondary N) is 3. The number of hydrogen-bond donors (Lipinski definition) is 3. The summed E-state index contributed by atoms with van der Waals surface area (Å²) in [5.74, 6) is -0.00314. The Labute approximate surface area is 217 Å². The van der Waals surface area contributed by atoms with Gasteiger partial charge in [0, 0.05) is 72.6 Å². The van der Waals surface area contributed by atoms with Crippen LogP contribution in [0.25, 0.3) is 44.5 Å². The number of H-pyrrole nitrogens is 2. The van der Waals surface area contributed by atoms with E-state index in [0.717, 1.165) is 38.8 Å². The van der Waals surface area contributed by atoms with E-state index in [1.807, 2.05) is 41.3 Å². The lowest BCUT2D eigenvalue weighted by Gasteiger charge is -2.27. The molecule has 6 rings (SSSR count). The van der Waals surface area contributed by atoms with Gasteiger partial charge in [-0.05, 0) is 30.3 Å². The summed E-state index contributed by atoms with van der Waals surface area (Å²) < 4.78 is 5.40. The Morgan fingerprint density at radius 3 is 2.66 bits per heavy atom. The van der Waals surface area contributed by atoms with Crippen LogP contribution in [0.2, 0.25) is 0 Å². The lowest BCUT2D eigenvalue weighted by molar-refractivity contribution is 0.0304. The molecule has 1 aliphatic rings. The topological polar surface area (TPSA) is 132 Å². The summed E-state index contributed by atoms with van der Waals surface area (Å²) in [5.41, 5.74) is 5.86. The molecule has 38 heavy (non-hydrogen) atoms. The van der Waals surface area contributed by atoms with Crippen molar-refractivity contribution in [2.75, 3.05) is 45.7 Å². The lowest BCUT2D eigenvalue weighted by Crippen LogP contribution is -2.40. The molecule has 0 unspecified atom stereocenters. The van der Waals surface area contributed by atoms with Crippen LogP contribution in [0.1, 0.15) is 10.4 Å². The smallest absolute Gasteiger partial charge is 0.321 e. The second kappa shape index (κ2) is 9.60. The Bertz CT molecular complexity index is 1670. The fourth-order valence-electron chi connectivity index (χ4n) is 4.58. The highest BCUT2D eigenvalue weighted by molar-refractivity contribution is 6.08. The summed E-state index contributed by atoms with van der Waals surface area (Å²) in [5, 5.41) is 12.0.